The summed E-state index contributed by atoms with van der Waals surface area (Å²) >= 11 is 0. The molecule has 0 bridgehead atoms. The number of hydrogen-bond acceptors (Lipinski definition) is 5. The van der Waals surface area contributed by atoms with Gasteiger partial charge in [-0.3, -0.25) is 4.79 Å². The van der Waals surface area contributed by atoms with Gasteiger partial charge in [-0.1, -0.05) is 23.4 Å². The van der Waals surface area contributed by atoms with Crippen LogP contribution in [0.25, 0.3) is 0 Å². The number of hydrogen-bond donors (Lipinski definition) is 0. The predicted octanol–water partition coefficient (Wildman–Crippen LogP) is 5.17. The summed E-state index contributed by atoms with van der Waals surface area (Å²) in [5, 5.41) is 3.88. The van der Waals surface area contributed by atoms with Gasteiger partial charge < -0.3 is 18.9 Å². The Morgan fingerprint density at radius 2 is 1.84 bits per heavy atom. The van der Waals surface area contributed by atoms with Crippen molar-refractivity contribution in [3.05, 3.63) is 76.2 Å². The van der Waals surface area contributed by atoms with Gasteiger partial charge in [0, 0.05) is 19.2 Å². The van der Waals surface area contributed by atoms with Crippen molar-refractivity contribution in [3.63, 3.8) is 0 Å². The predicted molar refractivity (Wildman–Crippen MR) is 111 cm³/mol. The molecule has 0 atom stereocenters. The van der Waals surface area contributed by atoms with Crippen molar-refractivity contribution in [2.45, 2.75) is 33.2 Å². The van der Waals surface area contributed by atoms with Crippen LogP contribution in [0.1, 0.15) is 38.5 Å². The molecule has 0 spiro atoms. The van der Waals surface area contributed by atoms with Crippen LogP contribution in [0.3, 0.4) is 0 Å². The third kappa shape index (κ3) is 5.04. The summed E-state index contributed by atoms with van der Waals surface area (Å²) in [5.74, 6) is 0.937. The van der Waals surface area contributed by atoms with Crippen molar-refractivity contribution in [2.75, 3.05) is 14.2 Å². The minimum atomic E-state index is -4.50. The molecule has 2 aromatic carbocycles. The molecule has 0 fully saturated rings. The summed E-state index contributed by atoms with van der Waals surface area (Å²) in [6.45, 7) is 3.60. The number of aryl methyl sites for hydroxylation is 2. The first-order valence-electron chi connectivity index (χ1n) is 9.75. The fraction of sp³-hybridized carbons (Fsp3) is 0.304. The summed E-state index contributed by atoms with van der Waals surface area (Å²) in [6.07, 6.45) is -4.50. The molecule has 0 saturated heterocycles. The molecule has 3 rings (SSSR count). The summed E-state index contributed by atoms with van der Waals surface area (Å²) in [6, 6.07) is 9.82. The van der Waals surface area contributed by atoms with Gasteiger partial charge in [0.15, 0.2) is 11.5 Å². The van der Waals surface area contributed by atoms with Gasteiger partial charge >= 0.3 is 6.18 Å². The maximum atomic E-state index is 13.2. The molecule has 0 unspecified atom stereocenters. The first kappa shape index (κ1) is 23.2. The topological polar surface area (TPSA) is 64.8 Å². The number of carbonyl (C=O) groups is 1. The largest absolute Gasteiger partial charge is 0.493 e. The second-order valence-electron chi connectivity index (χ2n) is 7.27. The molecule has 1 heterocycles. The average molecular weight is 448 g/mol. The Bertz CT molecular complexity index is 1090. The quantitative estimate of drug-likeness (QED) is 0.499. The van der Waals surface area contributed by atoms with Gasteiger partial charge in [-0.2, -0.15) is 13.2 Å². The lowest BCUT2D eigenvalue weighted by Crippen LogP contribution is -2.27. The average Bonchev–Trinajstić information content (AvgIpc) is 3.08. The standard InChI is InChI=1S/C23H23F3N2O4/c1-14-18(15(2)32-27-14)13-31-20-10-9-16(11-21(20)30-4)22(29)28(3)12-17-7-5-6-8-19(17)23(24,25)26/h5-11H,12-13H2,1-4H3. The summed E-state index contributed by atoms with van der Waals surface area (Å²) in [7, 11) is 2.89. The molecule has 1 aromatic heterocycles. The molecule has 9 heteroatoms. The molecule has 0 saturated carbocycles. The van der Waals surface area contributed by atoms with Crippen LogP contribution in [0, 0.1) is 13.8 Å². The molecular weight excluding hydrogens is 425 g/mol. The van der Waals surface area contributed by atoms with Gasteiger partial charge in [0.05, 0.1) is 23.9 Å². The van der Waals surface area contributed by atoms with Crippen LogP contribution in [0.2, 0.25) is 0 Å². The van der Waals surface area contributed by atoms with Crippen LogP contribution < -0.4 is 9.47 Å². The van der Waals surface area contributed by atoms with Crippen LogP contribution in [-0.2, 0) is 19.3 Å². The lowest BCUT2D eigenvalue weighted by atomic mass is 10.1. The Morgan fingerprint density at radius 3 is 2.47 bits per heavy atom. The highest BCUT2D eigenvalue weighted by Crippen LogP contribution is 2.33. The van der Waals surface area contributed by atoms with Gasteiger partial charge in [-0.25, -0.2) is 0 Å². The number of ether oxygens (including phenoxy) is 2. The normalized spacial score (nSPS) is 11.3. The molecular formula is C23H23F3N2O4. The number of methoxy groups -OCH3 is 1. The molecule has 6 nitrogen and oxygen atoms in total. The van der Waals surface area contributed by atoms with E-state index in [1.807, 2.05) is 0 Å². The number of nitrogens with zero attached hydrogens (tertiary/aromatic N) is 2. The van der Waals surface area contributed by atoms with Crippen molar-refractivity contribution < 1.29 is 32.0 Å². The van der Waals surface area contributed by atoms with E-state index in [1.54, 1.807) is 26.0 Å². The Balaban J connectivity index is 1.76. The highest BCUT2D eigenvalue weighted by molar-refractivity contribution is 5.94. The lowest BCUT2D eigenvalue weighted by Gasteiger charge is -2.21. The minimum absolute atomic E-state index is 0.0160. The summed E-state index contributed by atoms with van der Waals surface area (Å²) in [5.41, 5.74) is 1.05. The highest BCUT2D eigenvalue weighted by atomic mass is 19.4. The van der Waals surface area contributed by atoms with Gasteiger partial charge in [0.1, 0.15) is 12.4 Å². The maximum absolute atomic E-state index is 13.2. The van der Waals surface area contributed by atoms with Crippen LogP contribution in [0.4, 0.5) is 13.2 Å². The number of carbonyl (C=O) groups excluding carboxylic acids is 1. The number of alkyl halides is 3. The van der Waals surface area contributed by atoms with Crippen molar-refractivity contribution in [1.82, 2.24) is 10.1 Å². The third-order valence-corrected chi connectivity index (χ3v) is 5.04. The molecule has 1 amide bonds. The van der Waals surface area contributed by atoms with Gasteiger partial charge in [-0.15, -0.1) is 0 Å². The third-order valence-electron chi connectivity index (χ3n) is 5.04. The van der Waals surface area contributed by atoms with Crippen LogP contribution in [-0.4, -0.2) is 30.1 Å². The van der Waals surface area contributed by atoms with E-state index in [0.717, 1.165) is 11.6 Å². The zero-order chi connectivity index (χ0) is 23.5. The molecule has 0 N–H and O–H groups in total. The molecule has 0 aliphatic heterocycles. The van der Waals surface area contributed by atoms with E-state index in [1.165, 1.54) is 43.3 Å². The second kappa shape index (κ2) is 9.33. The Morgan fingerprint density at radius 1 is 1.12 bits per heavy atom. The van der Waals surface area contributed by atoms with E-state index >= 15 is 0 Å². The van der Waals surface area contributed by atoms with E-state index in [0.29, 0.717) is 23.0 Å². The van der Waals surface area contributed by atoms with Crippen LogP contribution in [0.5, 0.6) is 11.5 Å². The van der Waals surface area contributed by atoms with E-state index in [9.17, 15) is 18.0 Å². The number of halogens is 3. The van der Waals surface area contributed by atoms with Gasteiger partial charge in [-0.05, 0) is 43.7 Å². The van der Waals surface area contributed by atoms with Crippen molar-refractivity contribution in [1.29, 1.82) is 0 Å². The Labute approximate surface area is 183 Å². The summed E-state index contributed by atoms with van der Waals surface area (Å²) in [4.78, 5) is 14.1. The number of benzene rings is 2. The van der Waals surface area contributed by atoms with Crippen molar-refractivity contribution in [3.8, 4) is 11.5 Å². The van der Waals surface area contributed by atoms with E-state index < -0.39 is 17.6 Å². The second-order valence-corrected chi connectivity index (χ2v) is 7.27. The van der Waals surface area contributed by atoms with Gasteiger partial charge in [0.25, 0.3) is 5.91 Å². The van der Waals surface area contributed by atoms with Crippen molar-refractivity contribution >= 4 is 5.91 Å². The maximum Gasteiger partial charge on any atom is 0.416 e. The first-order valence-corrected chi connectivity index (χ1v) is 9.75. The van der Waals surface area contributed by atoms with E-state index in [-0.39, 0.29) is 24.3 Å². The zero-order valence-electron chi connectivity index (χ0n) is 18.1. The number of aromatic nitrogens is 1. The van der Waals surface area contributed by atoms with Crippen LogP contribution in [0.15, 0.2) is 47.0 Å². The smallest absolute Gasteiger partial charge is 0.416 e. The fourth-order valence-electron chi connectivity index (χ4n) is 3.26. The Hall–Kier alpha value is -3.49. The molecule has 0 radical (unpaired) electrons. The highest BCUT2D eigenvalue weighted by Gasteiger charge is 2.33. The first-order chi connectivity index (χ1) is 15.1. The minimum Gasteiger partial charge on any atom is -0.493 e. The monoisotopic (exact) mass is 448 g/mol. The molecule has 170 valence electrons. The van der Waals surface area contributed by atoms with E-state index in [4.69, 9.17) is 14.0 Å². The lowest BCUT2D eigenvalue weighted by molar-refractivity contribution is -0.138. The SMILES string of the molecule is COc1cc(C(=O)N(C)Cc2ccccc2C(F)(F)F)ccc1OCc1c(C)noc1C. The Kier molecular flexibility index (Phi) is 6.76. The molecule has 32 heavy (non-hydrogen) atoms. The summed E-state index contributed by atoms with van der Waals surface area (Å²) < 4.78 is 56.0. The molecule has 0 aliphatic carbocycles. The van der Waals surface area contributed by atoms with Crippen molar-refractivity contribution in [2.24, 2.45) is 0 Å². The molecule has 0 aliphatic rings. The number of rotatable bonds is 7. The zero-order valence-corrected chi connectivity index (χ0v) is 18.1. The molecule has 3 aromatic rings. The van der Waals surface area contributed by atoms with Gasteiger partial charge in [0.2, 0.25) is 0 Å². The van der Waals surface area contributed by atoms with E-state index in [2.05, 4.69) is 5.16 Å². The fourth-order valence-corrected chi connectivity index (χ4v) is 3.26. The van der Waals surface area contributed by atoms with Crippen LogP contribution >= 0.6 is 0 Å². The number of amides is 1.